The Morgan fingerprint density at radius 3 is 2.35 bits per heavy atom. The highest BCUT2D eigenvalue weighted by atomic mass is 35.5. The van der Waals surface area contributed by atoms with E-state index in [1.807, 2.05) is 0 Å². The number of hydrogen-bond acceptors (Lipinski definition) is 4. The van der Waals surface area contributed by atoms with Crippen LogP contribution in [-0.2, 0) is 4.79 Å². The average Bonchev–Trinajstić information content (AvgIpc) is 2.86. The molecule has 1 heterocycles. The zero-order valence-electron chi connectivity index (χ0n) is 13.0. The van der Waals surface area contributed by atoms with E-state index in [0.717, 1.165) is 16.7 Å². The highest BCUT2D eigenvalue weighted by molar-refractivity contribution is 8.18. The molecule has 1 saturated heterocycles. The number of amides is 2. The van der Waals surface area contributed by atoms with E-state index in [1.54, 1.807) is 48.5 Å². The molecule has 0 N–H and O–H groups in total. The summed E-state index contributed by atoms with van der Waals surface area (Å²) >= 11 is 18.4. The molecule has 1 fully saturated rings. The van der Waals surface area contributed by atoms with Gasteiger partial charge in [0.1, 0.15) is 0 Å². The number of thioether (sulfide) groups is 1. The standard InChI is InChI=1S/C18H10Cl3NO3S/c19-12-4-2-11(3-5-12)15(23)9-22-17(24)16(26-18(22)25)8-10-1-6-13(20)14(21)7-10/h1-8H,9H2/b16-8+. The molecule has 4 nitrogen and oxygen atoms in total. The van der Waals surface area contributed by atoms with E-state index >= 15 is 0 Å². The van der Waals surface area contributed by atoms with Crippen LogP contribution in [0.15, 0.2) is 47.4 Å². The van der Waals surface area contributed by atoms with Gasteiger partial charge in [0.25, 0.3) is 11.1 Å². The largest absolute Gasteiger partial charge is 0.293 e. The summed E-state index contributed by atoms with van der Waals surface area (Å²) in [4.78, 5) is 38.1. The monoisotopic (exact) mass is 425 g/mol. The number of hydrogen-bond donors (Lipinski definition) is 0. The number of nitrogens with zero attached hydrogens (tertiary/aromatic N) is 1. The molecule has 0 radical (unpaired) electrons. The summed E-state index contributed by atoms with van der Waals surface area (Å²) in [5.41, 5.74) is 1.01. The SMILES string of the molecule is O=C(CN1C(=O)S/C(=C/c2ccc(Cl)c(Cl)c2)C1=O)c1ccc(Cl)cc1. The Labute approximate surface area is 168 Å². The lowest BCUT2D eigenvalue weighted by Gasteiger charge is -2.11. The number of ketones is 1. The molecule has 0 atom stereocenters. The van der Waals surface area contributed by atoms with Crippen LogP contribution in [0.3, 0.4) is 0 Å². The molecule has 1 aliphatic rings. The molecule has 2 aromatic rings. The lowest BCUT2D eigenvalue weighted by Crippen LogP contribution is -2.33. The maximum absolute atomic E-state index is 12.5. The van der Waals surface area contributed by atoms with Crippen LogP contribution in [-0.4, -0.2) is 28.4 Å². The van der Waals surface area contributed by atoms with Gasteiger partial charge in [0.05, 0.1) is 21.5 Å². The third-order valence-electron chi connectivity index (χ3n) is 3.58. The highest BCUT2D eigenvalue weighted by Gasteiger charge is 2.36. The van der Waals surface area contributed by atoms with E-state index in [0.29, 0.717) is 26.2 Å². The van der Waals surface area contributed by atoms with Crippen molar-refractivity contribution in [1.29, 1.82) is 0 Å². The van der Waals surface area contributed by atoms with Crippen molar-refractivity contribution in [3.05, 3.63) is 73.6 Å². The molecule has 0 saturated carbocycles. The van der Waals surface area contributed by atoms with Crippen LogP contribution in [0.1, 0.15) is 15.9 Å². The minimum atomic E-state index is -0.520. The first kappa shape index (κ1) is 19.0. The molecule has 0 aliphatic carbocycles. The molecule has 8 heteroatoms. The van der Waals surface area contributed by atoms with Crippen molar-refractivity contribution in [2.45, 2.75) is 0 Å². The van der Waals surface area contributed by atoms with Gasteiger partial charge in [0.2, 0.25) is 0 Å². The Balaban J connectivity index is 1.78. The van der Waals surface area contributed by atoms with E-state index in [1.165, 1.54) is 0 Å². The van der Waals surface area contributed by atoms with Gasteiger partial charge < -0.3 is 0 Å². The number of halogens is 3. The van der Waals surface area contributed by atoms with Crippen LogP contribution in [0.2, 0.25) is 15.1 Å². The molecule has 0 unspecified atom stereocenters. The predicted octanol–water partition coefficient (Wildman–Crippen LogP) is 5.57. The maximum Gasteiger partial charge on any atom is 0.293 e. The van der Waals surface area contributed by atoms with Gasteiger partial charge >= 0.3 is 0 Å². The third kappa shape index (κ3) is 4.13. The summed E-state index contributed by atoms with van der Waals surface area (Å²) in [7, 11) is 0. The second-order valence-corrected chi connectivity index (χ2v) is 7.62. The minimum absolute atomic E-state index is 0.220. The van der Waals surface area contributed by atoms with E-state index in [4.69, 9.17) is 34.8 Å². The lowest BCUT2D eigenvalue weighted by molar-refractivity contribution is -0.122. The molecule has 2 amide bonds. The summed E-state index contributed by atoms with van der Waals surface area (Å²) < 4.78 is 0. The molecular weight excluding hydrogens is 417 g/mol. The van der Waals surface area contributed by atoms with Crippen molar-refractivity contribution in [3.63, 3.8) is 0 Å². The normalized spacial score (nSPS) is 15.8. The van der Waals surface area contributed by atoms with Crippen molar-refractivity contribution in [2.75, 3.05) is 6.54 Å². The molecule has 3 rings (SSSR count). The molecule has 0 bridgehead atoms. The number of carbonyl (C=O) groups excluding carboxylic acids is 3. The number of Topliss-reactive ketones (excluding diaryl/α,β-unsaturated/α-hetero) is 1. The second kappa shape index (κ2) is 7.84. The maximum atomic E-state index is 12.5. The Hall–Kier alpha value is -1.79. The summed E-state index contributed by atoms with van der Waals surface area (Å²) in [6.07, 6.45) is 1.54. The van der Waals surface area contributed by atoms with Crippen molar-refractivity contribution in [1.82, 2.24) is 4.90 Å². The molecule has 0 spiro atoms. The highest BCUT2D eigenvalue weighted by Crippen LogP contribution is 2.33. The lowest BCUT2D eigenvalue weighted by atomic mass is 10.1. The number of rotatable bonds is 4. The Morgan fingerprint density at radius 1 is 1.00 bits per heavy atom. The zero-order valence-corrected chi connectivity index (χ0v) is 16.1. The first-order valence-corrected chi connectivity index (χ1v) is 9.29. The first-order chi connectivity index (χ1) is 12.3. The molecular formula is C18H10Cl3NO3S. The van der Waals surface area contributed by atoms with Crippen molar-refractivity contribution < 1.29 is 14.4 Å². The van der Waals surface area contributed by atoms with Gasteiger partial charge in [-0.1, -0.05) is 40.9 Å². The van der Waals surface area contributed by atoms with Crippen molar-refractivity contribution in [3.8, 4) is 0 Å². The van der Waals surface area contributed by atoms with E-state index in [9.17, 15) is 14.4 Å². The van der Waals surface area contributed by atoms with Gasteiger partial charge in [0, 0.05) is 10.6 Å². The topological polar surface area (TPSA) is 54.5 Å². The van der Waals surface area contributed by atoms with Crippen LogP contribution in [0.4, 0.5) is 4.79 Å². The van der Waals surface area contributed by atoms with E-state index < -0.39 is 11.1 Å². The van der Waals surface area contributed by atoms with E-state index in [2.05, 4.69) is 0 Å². The summed E-state index contributed by atoms with van der Waals surface area (Å²) in [6.45, 7) is -0.328. The van der Waals surface area contributed by atoms with Gasteiger partial charge in [-0.3, -0.25) is 19.3 Å². The number of benzene rings is 2. The smallest absolute Gasteiger partial charge is 0.292 e. The summed E-state index contributed by atoms with van der Waals surface area (Å²) in [5, 5.41) is 0.740. The second-order valence-electron chi connectivity index (χ2n) is 5.37. The minimum Gasteiger partial charge on any atom is -0.292 e. The Bertz CT molecular complexity index is 941. The summed E-state index contributed by atoms with van der Waals surface area (Å²) in [5.74, 6) is -0.867. The van der Waals surface area contributed by atoms with Crippen LogP contribution in [0.5, 0.6) is 0 Å². The van der Waals surface area contributed by atoms with Gasteiger partial charge in [-0.15, -0.1) is 0 Å². The molecule has 132 valence electrons. The average molecular weight is 427 g/mol. The molecule has 2 aromatic carbocycles. The van der Waals surface area contributed by atoms with E-state index in [-0.39, 0.29) is 17.2 Å². The van der Waals surface area contributed by atoms with Crippen molar-refractivity contribution in [2.24, 2.45) is 0 Å². The van der Waals surface area contributed by atoms with Crippen LogP contribution < -0.4 is 0 Å². The number of imide groups is 1. The fourth-order valence-corrected chi connectivity index (χ4v) is 3.53. The van der Waals surface area contributed by atoms with Gasteiger partial charge in [-0.2, -0.15) is 0 Å². The Kier molecular flexibility index (Phi) is 5.73. The Morgan fingerprint density at radius 2 is 1.69 bits per heavy atom. The van der Waals surface area contributed by atoms with Gasteiger partial charge in [0.15, 0.2) is 5.78 Å². The zero-order chi connectivity index (χ0) is 18.8. The van der Waals surface area contributed by atoms with Gasteiger partial charge in [-0.05, 0) is 59.8 Å². The summed E-state index contributed by atoms with van der Waals surface area (Å²) in [6, 6.07) is 11.1. The molecule has 26 heavy (non-hydrogen) atoms. The number of carbonyl (C=O) groups is 3. The quantitative estimate of drug-likeness (QED) is 0.474. The molecule has 1 aliphatic heterocycles. The predicted molar refractivity (Wildman–Crippen MR) is 105 cm³/mol. The third-order valence-corrected chi connectivity index (χ3v) is 5.48. The fourth-order valence-electron chi connectivity index (χ4n) is 2.26. The fraction of sp³-hybridized carbons (Fsp3) is 0.0556. The first-order valence-electron chi connectivity index (χ1n) is 7.34. The van der Waals surface area contributed by atoms with Crippen LogP contribution in [0, 0.1) is 0 Å². The van der Waals surface area contributed by atoms with Crippen molar-refractivity contribution >= 4 is 69.6 Å². The molecule has 0 aromatic heterocycles. The van der Waals surface area contributed by atoms with Crippen LogP contribution in [0.25, 0.3) is 6.08 Å². The van der Waals surface area contributed by atoms with Crippen LogP contribution >= 0.6 is 46.6 Å². The van der Waals surface area contributed by atoms with Gasteiger partial charge in [-0.25, -0.2) is 0 Å².